The summed E-state index contributed by atoms with van der Waals surface area (Å²) in [6.07, 6.45) is 1.45. The van der Waals surface area contributed by atoms with Gasteiger partial charge < -0.3 is 9.30 Å². The first-order valence-corrected chi connectivity index (χ1v) is 9.81. The average Bonchev–Trinajstić information content (AvgIpc) is 3.05. The minimum Gasteiger partial charge on any atom is -0.495 e. The van der Waals surface area contributed by atoms with Gasteiger partial charge in [0.2, 0.25) is 0 Å². The maximum Gasteiger partial charge on any atom is 0.336 e. The molecule has 32 heavy (non-hydrogen) atoms. The highest BCUT2D eigenvalue weighted by Crippen LogP contribution is 2.31. The molecule has 7 nitrogen and oxygen atoms in total. The van der Waals surface area contributed by atoms with Crippen molar-refractivity contribution in [2.24, 2.45) is 0 Å². The number of nitrogens with zero attached hydrogens (tertiary/aromatic N) is 2. The first-order chi connectivity index (χ1) is 15.3. The van der Waals surface area contributed by atoms with Crippen molar-refractivity contribution in [2.45, 2.75) is 13.8 Å². The third-order valence-electron chi connectivity index (χ3n) is 5.28. The summed E-state index contributed by atoms with van der Waals surface area (Å²) in [4.78, 5) is 39.1. The molecule has 4 amide bonds. The van der Waals surface area contributed by atoms with Crippen LogP contribution < -0.4 is 15.0 Å². The number of urea groups is 1. The molecule has 2 heterocycles. The number of barbiturate groups is 1. The molecule has 2 aromatic carbocycles. The van der Waals surface area contributed by atoms with Crippen molar-refractivity contribution in [3.63, 3.8) is 0 Å². The Hall–Kier alpha value is -4.20. The van der Waals surface area contributed by atoms with Gasteiger partial charge in [0.1, 0.15) is 17.1 Å². The van der Waals surface area contributed by atoms with Crippen molar-refractivity contribution < 1.29 is 23.5 Å². The fourth-order valence-corrected chi connectivity index (χ4v) is 3.77. The molecule has 162 valence electrons. The number of aryl methyl sites for hydroxylation is 1. The molecule has 1 N–H and O–H groups in total. The van der Waals surface area contributed by atoms with Gasteiger partial charge in [-0.05, 0) is 68.0 Å². The molecule has 1 saturated heterocycles. The standard InChI is InChI=1S/C24H20FN3O4/c1-14-12-16(15(2)27(14)18-10-8-17(25)9-11-18)13-19-22(29)26-24(31)28(23(19)30)20-6-4-5-7-21(20)32-3/h4-13H,1-3H3,(H,26,29,31)/b19-13-. The lowest BCUT2D eigenvalue weighted by molar-refractivity contribution is -0.122. The number of aromatic nitrogens is 1. The second kappa shape index (κ2) is 8.14. The van der Waals surface area contributed by atoms with E-state index in [1.54, 1.807) is 36.4 Å². The molecule has 0 atom stereocenters. The highest BCUT2D eigenvalue weighted by Gasteiger charge is 2.38. The van der Waals surface area contributed by atoms with Crippen LogP contribution in [0.15, 0.2) is 60.2 Å². The zero-order valence-electron chi connectivity index (χ0n) is 17.7. The highest BCUT2D eigenvalue weighted by atomic mass is 19.1. The van der Waals surface area contributed by atoms with E-state index in [9.17, 15) is 18.8 Å². The lowest BCUT2D eigenvalue weighted by Gasteiger charge is -2.27. The fraction of sp³-hybridized carbons (Fsp3) is 0.125. The van der Waals surface area contributed by atoms with Gasteiger partial charge in [0.25, 0.3) is 11.8 Å². The fourth-order valence-electron chi connectivity index (χ4n) is 3.77. The van der Waals surface area contributed by atoms with E-state index in [-0.39, 0.29) is 17.1 Å². The van der Waals surface area contributed by atoms with Crippen molar-refractivity contribution in [3.8, 4) is 11.4 Å². The summed E-state index contributed by atoms with van der Waals surface area (Å²) in [5, 5.41) is 2.21. The van der Waals surface area contributed by atoms with Crippen LogP contribution in [0.1, 0.15) is 17.0 Å². The zero-order chi connectivity index (χ0) is 23.0. The minimum atomic E-state index is -0.849. The molecule has 1 aromatic heterocycles. The number of halogens is 1. The van der Waals surface area contributed by atoms with E-state index in [2.05, 4.69) is 5.32 Å². The smallest absolute Gasteiger partial charge is 0.336 e. The molecular weight excluding hydrogens is 413 g/mol. The summed E-state index contributed by atoms with van der Waals surface area (Å²) < 4.78 is 20.5. The number of hydrogen-bond acceptors (Lipinski definition) is 4. The van der Waals surface area contributed by atoms with Crippen molar-refractivity contribution in [3.05, 3.63) is 82.9 Å². The SMILES string of the molecule is COc1ccccc1N1C(=O)NC(=O)/C(=C/c2cc(C)n(-c3ccc(F)cc3)c2C)C1=O. The van der Waals surface area contributed by atoms with Crippen molar-refractivity contribution >= 4 is 29.6 Å². The lowest BCUT2D eigenvalue weighted by Crippen LogP contribution is -2.54. The summed E-state index contributed by atoms with van der Waals surface area (Å²) in [5.74, 6) is -1.56. The largest absolute Gasteiger partial charge is 0.495 e. The van der Waals surface area contributed by atoms with Gasteiger partial charge in [-0.1, -0.05) is 12.1 Å². The van der Waals surface area contributed by atoms with Crippen LogP contribution >= 0.6 is 0 Å². The first-order valence-electron chi connectivity index (χ1n) is 9.81. The van der Waals surface area contributed by atoms with Crippen molar-refractivity contribution in [1.29, 1.82) is 0 Å². The maximum absolute atomic E-state index is 13.3. The molecule has 8 heteroatoms. The molecular formula is C24H20FN3O4. The Morgan fingerprint density at radius 3 is 2.38 bits per heavy atom. The topological polar surface area (TPSA) is 80.6 Å². The third-order valence-corrected chi connectivity index (χ3v) is 5.28. The predicted molar refractivity (Wildman–Crippen MR) is 117 cm³/mol. The number of hydrogen-bond donors (Lipinski definition) is 1. The van der Waals surface area contributed by atoms with Crippen LogP contribution in [0.3, 0.4) is 0 Å². The molecule has 4 rings (SSSR count). The van der Waals surface area contributed by atoms with Gasteiger partial charge in [0, 0.05) is 17.1 Å². The summed E-state index contributed by atoms with van der Waals surface area (Å²) in [6.45, 7) is 3.70. The van der Waals surface area contributed by atoms with Gasteiger partial charge in [-0.25, -0.2) is 14.1 Å². The quantitative estimate of drug-likeness (QED) is 0.500. The molecule has 1 fully saturated rings. The molecule has 0 aliphatic carbocycles. The molecule has 0 unspecified atom stereocenters. The Morgan fingerprint density at radius 1 is 1.00 bits per heavy atom. The van der Waals surface area contributed by atoms with Gasteiger partial charge in [0.05, 0.1) is 12.8 Å². The molecule has 0 saturated carbocycles. The van der Waals surface area contributed by atoms with Crippen molar-refractivity contribution in [2.75, 3.05) is 12.0 Å². The molecule has 0 spiro atoms. The van der Waals surface area contributed by atoms with Crippen LogP contribution in [0, 0.1) is 19.7 Å². The number of nitrogens with one attached hydrogen (secondary N) is 1. The van der Waals surface area contributed by atoms with E-state index in [1.807, 2.05) is 24.5 Å². The number of benzene rings is 2. The van der Waals surface area contributed by atoms with E-state index >= 15 is 0 Å². The van der Waals surface area contributed by atoms with Gasteiger partial charge in [-0.2, -0.15) is 0 Å². The Morgan fingerprint density at radius 2 is 1.69 bits per heavy atom. The second-order valence-electron chi connectivity index (χ2n) is 7.27. The predicted octanol–water partition coefficient (Wildman–Crippen LogP) is 3.91. The van der Waals surface area contributed by atoms with E-state index in [4.69, 9.17) is 4.74 Å². The number of ether oxygens (including phenoxy) is 1. The summed E-state index contributed by atoms with van der Waals surface area (Å²) in [7, 11) is 1.43. The highest BCUT2D eigenvalue weighted by molar-refractivity contribution is 6.39. The second-order valence-corrected chi connectivity index (χ2v) is 7.27. The van der Waals surface area contributed by atoms with Crippen LogP contribution in [0.2, 0.25) is 0 Å². The first kappa shape index (κ1) is 21.0. The minimum absolute atomic E-state index is 0.185. The summed E-state index contributed by atoms with van der Waals surface area (Å²) in [5.41, 5.74) is 3.00. The number of rotatable bonds is 4. The normalized spacial score (nSPS) is 15.3. The Kier molecular flexibility index (Phi) is 5.36. The van der Waals surface area contributed by atoms with E-state index in [1.165, 1.54) is 25.3 Å². The number of imide groups is 2. The number of methoxy groups -OCH3 is 1. The van der Waals surface area contributed by atoms with Crippen LogP contribution in [0.5, 0.6) is 5.75 Å². The van der Waals surface area contributed by atoms with Crippen molar-refractivity contribution in [1.82, 2.24) is 9.88 Å². The van der Waals surface area contributed by atoms with Gasteiger partial charge in [-0.3, -0.25) is 14.9 Å². The van der Waals surface area contributed by atoms with Gasteiger partial charge >= 0.3 is 6.03 Å². The van der Waals surface area contributed by atoms with Gasteiger partial charge in [0.15, 0.2) is 0 Å². The van der Waals surface area contributed by atoms with E-state index in [0.29, 0.717) is 11.3 Å². The molecule has 0 radical (unpaired) electrons. The van der Waals surface area contributed by atoms with E-state index < -0.39 is 17.8 Å². The van der Waals surface area contributed by atoms with Gasteiger partial charge in [-0.15, -0.1) is 0 Å². The molecule has 3 aromatic rings. The van der Waals surface area contributed by atoms with Crippen LogP contribution in [0.25, 0.3) is 11.8 Å². The van der Waals surface area contributed by atoms with Crippen LogP contribution in [0.4, 0.5) is 14.9 Å². The zero-order valence-corrected chi connectivity index (χ0v) is 17.7. The molecule has 1 aliphatic rings. The number of para-hydroxylation sites is 2. The average molecular weight is 433 g/mol. The summed E-state index contributed by atoms with van der Waals surface area (Å²) in [6, 6.07) is 13.5. The number of anilines is 1. The number of carbonyl (C=O) groups is 3. The number of carbonyl (C=O) groups excluding carboxylic acids is 3. The van der Waals surface area contributed by atoms with Crippen LogP contribution in [-0.4, -0.2) is 29.5 Å². The monoisotopic (exact) mass is 433 g/mol. The lowest BCUT2D eigenvalue weighted by atomic mass is 10.1. The maximum atomic E-state index is 13.3. The third kappa shape index (κ3) is 3.56. The molecule has 1 aliphatic heterocycles. The molecule has 0 bridgehead atoms. The Balaban J connectivity index is 1.77. The van der Waals surface area contributed by atoms with Crippen LogP contribution in [-0.2, 0) is 9.59 Å². The number of amides is 4. The Bertz CT molecular complexity index is 1270. The van der Waals surface area contributed by atoms with E-state index in [0.717, 1.165) is 22.0 Å². The summed E-state index contributed by atoms with van der Waals surface area (Å²) >= 11 is 0. The Labute approximate surface area is 183 Å².